The zero-order valence-electron chi connectivity index (χ0n) is 4.51. The maximum atomic E-state index is 11.2. The molecule has 0 spiro atoms. The lowest BCUT2D eigenvalue weighted by Gasteiger charge is -2.23. The van der Waals surface area contributed by atoms with Gasteiger partial charge in [-0.1, -0.05) is 17.9 Å². The van der Waals surface area contributed by atoms with Crippen molar-refractivity contribution in [2.24, 2.45) is 0 Å². The first-order valence-corrected chi connectivity index (χ1v) is 2.02. The van der Waals surface area contributed by atoms with Crippen LogP contribution in [0.5, 0.6) is 0 Å². The smallest absolute Gasteiger partial charge is 0.315 e. The lowest BCUT2D eigenvalue weighted by Crippen LogP contribution is -2.51. The minimum atomic E-state index is -3.90. The maximum Gasteiger partial charge on any atom is 0.315 e. The minimum absolute atomic E-state index is 1.80. The standard InChI is InChI=1S/C2H4F4N2O2/c3-7(4)2(10,1-9)8(5)6/h9-10H,1H2. The van der Waals surface area contributed by atoms with E-state index in [0.29, 0.717) is 0 Å². The molecule has 0 aliphatic heterocycles. The Morgan fingerprint density at radius 3 is 1.40 bits per heavy atom. The van der Waals surface area contributed by atoms with E-state index < -0.39 is 23.1 Å². The number of aliphatic hydroxyl groups is 2. The van der Waals surface area contributed by atoms with Crippen LogP contribution in [-0.4, -0.2) is 33.4 Å². The predicted molar refractivity (Wildman–Crippen MR) is 20.1 cm³/mol. The Hall–Kier alpha value is -0.440. The first kappa shape index (κ1) is 9.56. The summed E-state index contributed by atoms with van der Waals surface area (Å²) in [6.07, 6.45) is 0. The van der Waals surface area contributed by atoms with Gasteiger partial charge < -0.3 is 10.2 Å². The SMILES string of the molecule is OCC(O)(N(F)F)N(F)F. The summed E-state index contributed by atoms with van der Waals surface area (Å²) in [4.78, 5) is 0. The number of rotatable bonds is 3. The van der Waals surface area contributed by atoms with E-state index in [1.165, 1.54) is 0 Å². The van der Waals surface area contributed by atoms with Gasteiger partial charge in [0.2, 0.25) is 0 Å². The summed E-state index contributed by atoms with van der Waals surface area (Å²) in [5, 5.41) is 11.5. The Morgan fingerprint density at radius 2 is 1.40 bits per heavy atom. The predicted octanol–water partition coefficient (Wildman–Crippen LogP) is -0.233. The van der Waals surface area contributed by atoms with E-state index in [0.717, 1.165) is 0 Å². The van der Waals surface area contributed by atoms with Crippen molar-refractivity contribution in [3.63, 3.8) is 0 Å². The quantitative estimate of drug-likeness (QED) is 0.343. The van der Waals surface area contributed by atoms with Crippen LogP contribution in [0.2, 0.25) is 0 Å². The maximum absolute atomic E-state index is 11.2. The van der Waals surface area contributed by atoms with E-state index in [-0.39, 0.29) is 0 Å². The minimum Gasteiger partial charge on any atom is -0.390 e. The molecular weight excluding hydrogens is 160 g/mol. The van der Waals surface area contributed by atoms with Gasteiger partial charge in [-0.05, 0) is 0 Å². The van der Waals surface area contributed by atoms with Crippen LogP contribution in [0.3, 0.4) is 0 Å². The second kappa shape index (κ2) is 3.10. The van der Waals surface area contributed by atoms with Crippen LogP contribution in [0.15, 0.2) is 0 Å². The molecule has 0 aromatic heterocycles. The highest BCUT2D eigenvalue weighted by molar-refractivity contribution is 4.57. The van der Waals surface area contributed by atoms with Gasteiger partial charge >= 0.3 is 5.85 Å². The molecule has 0 atom stereocenters. The van der Waals surface area contributed by atoms with Crippen LogP contribution >= 0.6 is 0 Å². The van der Waals surface area contributed by atoms with E-state index in [4.69, 9.17) is 10.2 Å². The summed E-state index contributed by atoms with van der Waals surface area (Å²) >= 11 is 0. The van der Waals surface area contributed by atoms with Crippen LogP contribution in [0.1, 0.15) is 0 Å². The van der Waals surface area contributed by atoms with Crippen molar-refractivity contribution >= 4 is 0 Å². The Bertz CT molecular complexity index is 101. The van der Waals surface area contributed by atoms with Gasteiger partial charge in [-0.15, -0.1) is 0 Å². The molecule has 8 heteroatoms. The molecule has 0 saturated carbocycles. The van der Waals surface area contributed by atoms with Crippen molar-refractivity contribution in [2.75, 3.05) is 6.61 Å². The molecule has 0 aliphatic rings. The van der Waals surface area contributed by atoms with Gasteiger partial charge in [0.15, 0.2) is 0 Å². The van der Waals surface area contributed by atoms with E-state index in [1.54, 1.807) is 0 Å². The number of nitrogens with zero attached hydrogens (tertiary/aromatic N) is 2. The second-order valence-electron chi connectivity index (χ2n) is 1.40. The number of hydrogen-bond donors (Lipinski definition) is 2. The zero-order valence-corrected chi connectivity index (χ0v) is 4.51. The summed E-state index contributed by atoms with van der Waals surface area (Å²) < 4.78 is 44.9. The fraction of sp³-hybridized carbons (Fsp3) is 1.00. The van der Waals surface area contributed by atoms with Crippen LogP contribution in [0, 0.1) is 0 Å². The molecule has 0 unspecified atom stereocenters. The molecule has 0 saturated heterocycles. The molecule has 2 N–H and O–H groups in total. The normalized spacial score (nSPS) is 13.2. The summed E-state index contributed by atoms with van der Waals surface area (Å²) in [6.45, 7) is -1.80. The molecule has 0 aromatic carbocycles. The van der Waals surface area contributed by atoms with Crippen molar-refractivity contribution in [3.8, 4) is 0 Å². The van der Waals surface area contributed by atoms with Crippen LogP contribution in [0.4, 0.5) is 17.9 Å². The summed E-state index contributed by atoms with van der Waals surface area (Å²) in [5.41, 5.74) is 0. The van der Waals surface area contributed by atoms with Crippen molar-refractivity contribution in [1.29, 1.82) is 0 Å². The summed E-state index contributed by atoms with van der Waals surface area (Å²) in [5.74, 6) is -3.90. The summed E-state index contributed by atoms with van der Waals surface area (Å²) in [6, 6.07) is 0. The molecule has 0 bridgehead atoms. The van der Waals surface area contributed by atoms with Gasteiger partial charge in [-0.2, -0.15) is 0 Å². The molecule has 62 valence electrons. The highest BCUT2D eigenvalue weighted by atomic mass is 19.4. The van der Waals surface area contributed by atoms with Crippen molar-refractivity contribution in [1.82, 2.24) is 10.7 Å². The molecule has 4 nitrogen and oxygen atoms in total. The average molecular weight is 164 g/mol. The molecule has 0 aliphatic carbocycles. The third kappa shape index (κ3) is 1.53. The molecule has 0 heterocycles. The fourth-order valence-corrected chi connectivity index (χ4v) is 0.164. The molecule has 0 rings (SSSR count). The van der Waals surface area contributed by atoms with Crippen LogP contribution in [-0.2, 0) is 0 Å². The molecule has 0 aromatic rings. The third-order valence-corrected chi connectivity index (χ3v) is 0.754. The number of aliphatic hydroxyl groups excluding tert-OH is 1. The second-order valence-corrected chi connectivity index (χ2v) is 1.40. The van der Waals surface area contributed by atoms with Crippen molar-refractivity contribution < 1.29 is 28.1 Å². The zero-order chi connectivity index (χ0) is 8.36. The Morgan fingerprint density at radius 1 is 1.10 bits per heavy atom. The number of halogens is 4. The Kier molecular flexibility index (Phi) is 2.96. The topological polar surface area (TPSA) is 46.9 Å². The lowest BCUT2D eigenvalue weighted by atomic mass is 10.5. The molecule has 0 amide bonds. The van der Waals surface area contributed by atoms with Crippen molar-refractivity contribution in [2.45, 2.75) is 5.85 Å². The molecular formula is C2H4F4N2O2. The van der Waals surface area contributed by atoms with E-state index in [1.807, 2.05) is 0 Å². The van der Waals surface area contributed by atoms with Gasteiger partial charge in [0, 0.05) is 0 Å². The number of hydrogen-bond acceptors (Lipinski definition) is 4. The van der Waals surface area contributed by atoms with Gasteiger partial charge in [0.1, 0.15) is 6.61 Å². The van der Waals surface area contributed by atoms with Crippen LogP contribution in [0.25, 0.3) is 0 Å². The van der Waals surface area contributed by atoms with Gasteiger partial charge in [0.25, 0.3) is 0 Å². The van der Waals surface area contributed by atoms with E-state index in [9.17, 15) is 17.9 Å². The highest BCUT2D eigenvalue weighted by Crippen LogP contribution is 2.18. The van der Waals surface area contributed by atoms with Gasteiger partial charge in [-0.25, -0.2) is 0 Å². The van der Waals surface area contributed by atoms with E-state index >= 15 is 0 Å². The Balaban J connectivity index is 4.23. The third-order valence-electron chi connectivity index (χ3n) is 0.754. The van der Waals surface area contributed by atoms with E-state index in [2.05, 4.69) is 0 Å². The van der Waals surface area contributed by atoms with Crippen LogP contribution < -0.4 is 0 Å². The molecule has 0 fully saturated rings. The average Bonchev–Trinajstić information content (AvgIpc) is 1.85. The molecule has 10 heavy (non-hydrogen) atoms. The lowest BCUT2D eigenvalue weighted by molar-refractivity contribution is -0.450. The largest absolute Gasteiger partial charge is 0.390 e. The summed E-state index contributed by atoms with van der Waals surface area (Å²) in [7, 11) is 0. The molecule has 0 radical (unpaired) electrons. The first-order valence-electron chi connectivity index (χ1n) is 2.02. The monoisotopic (exact) mass is 164 g/mol. The first-order chi connectivity index (χ1) is 4.45. The Labute approximate surface area is 52.6 Å². The van der Waals surface area contributed by atoms with Gasteiger partial charge in [-0.3, -0.25) is 0 Å². The van der Waals surface area contributed by atoms with Gasteiger partial charge in [0.05, 0.1) is 10.7 Å². The fourth-order valence-electron chi connectivity index (χ4n) is 0.164. The highest BCUT2D eigenvalue weighted by Gasteiger charge is 2.45. The van der Waals surface area contributed by atoms with Crippen molar-refractivity contribution in [3.05, 3.63) is 0 Å².